The molecule has 1 aliphatic rings. The van der Waals surface area contributed by atoms with E-state index in [0.717, 1.165) is 11.3 Å². The Labute approximate surface area is 178 Å². The van der Waals surface area contributed by atoms with Gasteiger partial charge in [0.25, 0.3) is 11.5 Å². The number of halogens is 1. The highest BCUT2D eigenvalue weighted by Gasteiger charge is 2.48. The number of rotatable bonds is 4. The summed E-state index contributed by atoms with van der Waals surface area (Å²) < 4.78 is 0. The topological polar surface area (TPSA) is 114 Å². The lowest BCUT2D eigenvalue weighted by Crippen LogP contribution is -2.29. The van der Waals surface area contributed by atoms with Gasteiger partial charge in [0.2, 0.25) is 0 Å². The van der Waals surface area contributed by atoms with Crippen LogP contribution in [0.4, 0.5) is 10.8 Å². The van der Waals surface area contributed by atoms with Crippen molar-refractivity contribution < 1.29 is 19.6 Å². The highest BCUT2D eigenvalue weighted by Crippen LogP contribution is 2.43. The minimum Gasteiger partial charge on any atom is -0.507 e. The van der Waals surface area contributed by atoms with Crippen molar-refractivity contribution in [2.24, 2.45) is 0 Å². The third kappa shape index (κ3) is 3.34. The van der Waals surface area contributed by atoms with E-state index in [2.05, 4.69) is 4.98 Å². The molecular weight excluding hydrogens is 430 g/mol. The van der Waals surface area contributed by atoms with Crippen LogP contribution in [0.5, 0.6) is 0 Å². The van der Waals surface area contributed by atoms with Gasteiger partial charge in [-0.15, -0.1) is 11.3 Å². The second kappa shape index (κ2) is 7.69. The fraction of sp³-hybridized carbons (Fsp3) is 0.0500. The Balaban J connectivity index is 1.91. The van der Waals surface area contributed by atoms with Crippen LogP contribution in [0.15, 0.2) is 65.7 Å². The summed E-state index contributed by atoms with van der Waals surface area (Å²) in [5.74, 6) is -2.09. The molecule has 2 aromatic carbocycles. The number of amides is 1. The first-order valence-electron chi connectivity index (χ1n) is 8.59. The molecule has 3 aromatic rings. The summed E-state index contributed by atoms with van der Waals surface area (Å²) in [5.41, 5.74) is 0.461. The number of carbonyl (C=O) groups is 2. The average molecular weight is 442 g/mol. The molecule has 1 aromatic heterocycles. The molecule has 1 atom stereocenters. The summed E-state index contributed by atoms with van der Waals surface area (Å²) in [6.45, 7) is 0. The van der Waals surface area contributed by atoms with Crippen molar-refractivity contribution in [2.45, 2.75) is 6.04 Å². The number of ketones is 1. The predicted molar refractivity (Wildman–Crippen MR) is 111 cm³/mol. The van der Waals surface area contributed by atoms with E-state index < -0.39 is 22.7 Å². The number of thiazole rings is 1. The minimum absolute atomic E-state index is 0.133. The largest absolute Gasteiger partial charge is 0.507 e. The van der Waals surface area contributed by atoms with Gasteiger partial charge < -0.3 is 5.11 Å². The molecule has 1 amide bonds. The number of aliphatic hydroxyl groups is 1. The van der Waals surface area contributed by atoms with E-state index in [1.807, 2.05) is 0 Å². The Morgan fingerprint density at radius 3 is 2.37 bits per heavy atom. The Morgan fingerprint density at radius 1 is 1.13 bits per heavy atom. The van der Waals surface area contributed by atoms with Crippen LogP contribution in [0.3, 0.4) is 0 Å². The second-order valence-electron chi connectivity index (χ2n) is 6.34. The summed E-state index contributed by atoms with van der Waals surface area (Å²) in [4.78, 5) is 41.5. The monoisotopic (exact) mass is 441 g/mol. The van der Waals surface area contributed by atoms with Crippen LogP contribution in [0.25, 0.3) is 5.76 Å². The molecule has 2 heterocycles. The van der Waals surface area contributed by atoms with Crippen molar-refractivity contribution in [2.75, 3.05) is 4.90 Å². The van der Waals surface area contributed by atoms with E-state index in [0.29, 0.717) is 16.1 Å². The molecule has 30 heavy (non-hydrogen) atoms. The Morgan fingerprint density at radius 2 is 1.80 bits per heavy atom. The molecule has 10 heteroatoms. The smallest absolute Gasteiger partial charge is 0.301 e. The molecule has 0 aliphatic carbocycles. The van der Waals surface area contributed by atoms with E-state index in [1.54, 1.807) is 17.5 Å². The molecule has 4 rings (SSSR count). The summed E-state index contributed by atoms with van der Waals surface area (Å²) in [6.07, 6.45) is 1.49. The molecule has 8 nitrogen and oxygen atoms in total. The number of nitrogens with zero attached hydrogens (tertiary/aromatic N) is 3. The third-order valence-electron chi connectivity index (χ3n) is 4.61. The normalized spacial score (nSPS) is 18.0. The SMILES string of the molecule is O=C1C(=O)N(c2nccs2)[C@H](c2ccc([N+](=O)[O-])cc2)C1=C(O)c1ccc(Cl)cc1. The summed E-state index contributed by atoms with van der Waals surface area (Å²) >= 11 is 7.05. The average Bonchev–Trinajstić information content (AvgIpc) is 3.35. The van der Waals surface area contributed by atoms with E-state index in [9.17, 15) is 24.8 Å². The first kappa shape index (κ1) is 19.7. The molecule has 0 bridgehead atoms. The van der Waals surface area contributed by atoms with Crippen LogP contribution in [0.1, 0.15) is 17.2 Å². The standard InChI is InChI=1S/C20H12ClN3O5S/c21-13-5-1-12(2-6-13)17(25)15-16(11-3-7-14(8-4-11)24(28)29)23(19(27)18(15)26)20-22-9-10-30-20/h1-10,16,25H/t16-/m1/s1. The Kier molecular flexibility index (Phi) is 5.06. The van der Waals surface area contributed by atoms with Gasteiger partial charge in [0.05, 0.1) is 16.5 Å². The number of anilines is 1. The maximum absolute atomic E-state index is 12.9. The Bertz CT molecular complexity index is 1170. The van der Waals surface area contributed by atoms with Gasteiger partial charge in [-0.1, -0.05) is 11.6 Å². The molecule has 0 spiro atoms. The summed E-state index contributed by atoms with van der Waals surface area (Å²) in [7, 11) is 0. The van der Waals surface area contributed by atoms with Crippen molar-refractivity contribution in [3.63, 3.8) is 0 Å². The number of hydrogen-bond acceptors (Lipinski definition) is 7. The summed E-state index contributed by atoms with van der Waals surface area (Å²) in [5, 5.41) is 24.3. The van der Waals surface area contributed by atoms with Crippen molar-refractivity contribution in [3.05, 3.63) is 91.9 Å². The number of aromatic nitrogens is 1. The Hall–Kier alpha value is -3.56. The molecule has 150 valence electrons. The number of hydrogen-bond donors (Lipinski definition) is 1. The number of non-ortho nitro benzene ring substituents is 1. The lowest BCUT2D eigenvalue weighted by molar-refractivity contribution is -0.384. The molecular formula is C20H12ClN3O5S. The first-order valence-corrected chi connectivity index (χ1v) is 9.85. The van der Waals surface area contributed by atoms with Gasteiger partial charge in [-0.05, 0) is 42.0 Å². The molecule has 1 aliphatic heterocycles. The highest BCUT2D eigenvalue weighted by molar-refractivity contribution is 7.14. The van der Waals surface area contributed by atoms with Crippen LogP contribution < -0.4 is 4.90 Å². The third-order valence-corrected chi connectivity index (χ3v) is 5.63. The van der Waals surface area contributed by atoms with E-state index in [-0.39, 0.29) is 22.2 Å². The second-order valence-corrected chi connectivity index (χ2v) is 7.65. The fourth-order valence-electron chi connectivity index (χ4n) is 3.22. The lowest BCUT2D eigenvalue weighted by Gasteiger charge is -2.22. The first-order chi connectivity index (χ1) is 14.4. The minimum atomic E-state index is -0.993. The van der Waals surface area contributed by atoms with Gasteiger partial charge in [-0.3, -0.25) is 24.6 Å². The number of nitro benzene ring substituents is 1. The maximum Gasteiger partial charge on any atom is 0.301 e. The van der Waals surface area contributed by atoms with Gasteiger partial charge in [0, 0.05) is 34.3 Å². The van der Waals surface area contributed by atoms with Crippen LogP contribution >= 0.6 is 22.9 Å². The van der Waals surface area contributed by atoms with Crippen LogP contribution in [0.2, 0.25) is 5.02 Å². The predicted octanol–water partition coefficient (Wildman–Crippen LogP) is 4.33. The van der Waals surface area contributed by atoms with Crippen molar-refractivity contribution >= 4 is 51.2 Å². The number of carbonyl (C=O) groups excluding carboxylic acids is 2. The van der Waals surface area contributed by atoms with Gasteiger partial charge in [-0.25, -0.2) is 4.98 Å². The molecule has 1 N–H and O–H groups in total. The quantitative estimate of drug-likeness (QED) is 0.212. The fourth-order valence-corrected chi connectivity index (χ4v) is 4.01. The number of benzene rings is 2. The highest BCUT2D eigenvalue weighted by atomic mass is 35.5. The lowest BCUT2D eigenvalue weighted by atomic mass is 9.95. The number of aliphatic hydroxyl groups excluding tert-OH is 1. The zero-order valence-electron chi connectivity index (χ0n) is 15.1. The molecule has 1 saturated heterocycles. The molecule has 1 fully saturated rings. The number of Topliss-reactive ketones (excluding diaryl/α,β-unsaturated/α-hetero) is 1. The van der Waals surface area contributed by atoms with E-state index in [1.165, 1.54) is 47.5 Å². The van der Waals surface area contributed by atoms with Crippen LogP contribution in [-0.2, 0) is 9.59 Å². The molecule has 0 unspecified atom stereocenters. The maximum atomic E-state index is 12.9. The molecule has 0 radical (unpaired) electrons. The van der Waals surface area contributed by atoms with Gasteiger partial charge in [-0.2, -0.15) is 0 Å². The van der Waals surface area contributed by atoms with Gasteiger partial charge >= 0.3 is 5.91 Å². The van der Waals surface area contributed by atoms with Gasteiger partial charge in [0.15, 0.2) is 5.13 Å². The summed E-state index contributed by atoms with van der Waals surface area (Å²) in [6, 6.07) is 10.6. The van der Waals surface area contributed by atoms with Gasteiger partial charge in [0.1, 0.15) is 5.76 Å². The van der Waals surface area contributed by atoms with Crippen molar-refractivity contribution in [1.29, 1.82) is 0 Å². The zero-order valence-corrected chi connectivity index (χ0v) is 16.6. The molecule has 0 saturated carbocycles. The van der Waals surface area contributed by atoms with Crippen molar-refractivity contribution in [3.8, 4) is 0 Å². The van der Waals surface area contributed by atoms with Crippen molar-refractivity contribution in [1.82, 2.24) is 4.98 Å². The van der Waals surface area contributed by atoms with E-state index >= 15 is 0 Å². The zero-order chi connectivity index (χ0) is 21.4. The number of nitro groups is 1. The van der Waals surface area contributed by atoms with Crippen LogP contribution in [0, 0.1) is 10.1 Å². The van der Waals surface area contributed by atoms with Crippen LogP contribution in [-0.4, -0.2) is 26.7 Å². The van der Waals surface area contributed by atoms with E-state index in [4.69, 9.17) is 11.6 Å².